The van der Waals surface area contributed by atoms with Crippen LogP contribution in [0.2, 0.25) is 0 Å². The zero-order chi connectivity index (χ0) is 11.4. The third kappa shape index (κ3) is 2.97. The maximum Gasteiger partial charge on any atom is 0.0393 e. The molecule has 0 bridgehead atoms. The zero-order valence-electron chi connectivity index (χ0n) is 10.4. The molecule has 1 aliphatic carbocycles. The highest BCUT2D eigenvalue weighted by atomic mass is 14.9. The Morgan fingerprint density at radius 1 is 1.25 bits per heavy atom. The number of nitrogens with zero attached hydrogens (tertiary/aromatic N) is 1. The SMILES string of the molecule is Cc1cc(NC2CCCCCC2C)ccn1. The predicted octanol–water partition coefficient (Wildman–Crippen LogP) is 3.77. The van der Waals surface area contributed by atoms with Gasteiger partial charge >= 0.3 is 0 Å². The van der Waals surface area contributed by atoms with E-state index < -0.39 is 0 Å². The number of aromatic nitrogens is 1. The molecule has 2 atom stereocenters. The second kappa shape index (κ2) is 5.33. The van der Waals surface area contributed by atoms with Crippen molar-refractivity contribution in [2.75, 3.05) is 5.32 Å². The van der Waals surface area contributed by atoms with E-state index in [9.17, 15) is 0 Å². The topological polar surface area (TPSA) is 24.9 Å². The molecule has 1 saturated carbocycles. The molecule has 2 unspecified atom stereocenters. The number of hydrogen-bond donors (Lipinski definition) is 1. The smallest absolute Gasteiger partial charge is 0.0393 e. The molecule has 0 aliphatic heterocycles. The fourth-order valence-electron chi connectivity index (χ4n) is 2.56. The fraction of sp³-hybridized carbons (Fsp3) is 0.643. The lowest BCUT2D eigenvalue weighted by Gasteiger charge is -2.24. The first-order chi connectivity index (χ1) is 7.75. The van der Waals surface area contributed by atoms with E-state index in [1.165, 1.54) is 37.8 Å². The summed E-state index contributed by atoms with van der Waals surface area (Å²) < 4.78 is 0. The molecule has 1 N–H and O–H groups in total. The lowest BCUT2D eigenvalue weighted by atomic mass is 9.97. The van der Waals surface area contributed by atoms with E-state index in [4.69, 9.17) is 0 Å². The molecule has 1 fully saturated rings. The molecule has 0 radical (unpaired) electrons. The van der Waals surface area contributed by atoms with Gasteiger partial charge in [0.15, 0.2) is 0 Å². The van der Waals surface area contributed by atoms with Crippen LogP contribution in [0.15, 0.2) is 18.3 Å². The highest BCUT2D eigenvalue weighted by molar-refractivity contribution is 5.44. The predicted molar refractivity (Wildman–Crippen MR) is 68.6 cm³/mol. The highest BCUT2D eigenvalue weighted by Crippen LogP contribution is 2.25. The van der Waals surface area contributed by atoms with E-state index in [0.717, 1.165) is 11.6 Å². The minimum absolute atomic E-state index is 0.643. The van der Waals surface area contributed by atoms with Crippen molar-refractivity contribution in [1.29, 1.82) is 0 Å². The molecule has 0 amide bonds. The Kier molecular flexibility index (Phi) is 3.81. The van der Waals surface area contributed by atoms with E-state index in [0.29, 0.717) is 6.04 Å². The molecule has 88 valence electrons. The van der Waals surface area contributed by atoms with Gasteiger partial charge in [0, 0.05) is 23.6 Å². The quantitative estimate of drug-likeness (QED) is 0.764. The first-order valence-electron chi connectivity index (χ1n) is 6.45. The average molecular weight is 218 g/mol. The molecule has 16 heavy (non-hydrogen) atoms. The molecule has 2 rings (SSSR count). The third-order valence-electron chi connectivity index (χ3n) is 3.61. The lowest BCUT2D eigenvalue weighted by molar-refractivity contribution is 0.456. The number of anilines is 1. The zero-order valence-corrected chi connectivity index (χ0v) is 10.4. The Hall–Kier alpha value is -1.05. The summed E-state index contributed by atoms with van der Waals surface area (Å²) in [5, 5.41) is 3.67. The standard InChI is InChI=1S/C14H22N2/c1-11-6-4-3-5-7-14(11)16-13-8-9-15-12(2)10-13/h8-11,14H,3-7H2,1-2H3,(H,15,16). The van der Waals surface area contributed by atoms with Gasteiger partial charge in [-0.3, -0.25) is 4.98 Å². The van der Waals surface area contributed by atoms with Gasteiger partial charge in [-0.25, -0.2) is 0 Å². The van der Waals surface area contributed by atoms with Gasteiger partial charge < -0.3 is 5.32 Å². The number of rotatable bonds is 2. The van der Waals surface area contributed by atoms with Crippen LogP contribution in [-0.2, 0) is 0 Å². The van der Waals surface area contributed by atoms with Crippen molar-refractivity contribution in [1.82, 2.24) is 4.98 Å². The van der Waals surface area contributed by atoms with Crippen LogP contribution >= 0.6 is 0 Å². The number of hydrogen-bond acceptors (Lipinski definition) is 2. The van der Waals surface area contributed by atoms with Gasteiger partial charge in [-0.2, -0.15) is 0 Å². The molecular formula is C14H22N2. The maximum atomic E-state index is 4.23. The van der Waals surface area contributed by atoms with Crippen LogP contribution in [0.3, 0.4) is 0 Å². The minimum atomic E-state index is 0.643. The first kappa shape index (κ1) is 11.4. The molecule has 1 heterocycles. The normalized spacial score (nSPS) is 26.1. The summed E-state index contributed by atoms with van der Waals surface area (Å²) in [4.78, 5) is 4.23. The molecule has 2 heteroatoms. The Morgan fingerprint density at radius 3 is 2.88 bits per heavy atom. The highest BCUT2D eigenvalue weighted by Gasteiger charge is 2.19. The van der Waals surface area contributed by atoms with E-state index in [2.05, 4.69) is 29.4 Å². The molecule has 0 spiro atoms. The largest absolute Gasteiger partial charge is 0.382 e. The summed E-state index contributed by atoms with van der Waals surface area (Å²) in [6, 6.07) is 4.85. The Labute approximate surface area is 98.5 Å². The Morgan fingerprint density at radius 2 is 2.06 bits per heavy atom. The van der Waals surface area contributed by atoms with Crippen molar-refractivity contribution in [3.63, 3.8) is 0 Å². The van der Waals surface area contributed by atoms with Crippen molar-refractivity contribution < 1.29 is 0 Å². The minimum Gasteiger partial charge on any atom is -0.382 e. The summed E-state index contributed by atoms with van der Waals surface area (Å²) in [7, 11) is 0. The van der Waals surface area contributed by atoms with Crippen LogP contribution < -0.4 is 5.32 Å². The average Bonchev–Trinajstić information content (AvgIpc) is 2.45. The fourth-order valence-corrected chi connectivity index (χ4v) is 2.56. The maximum absolute atomic E-state index is 4.23. The number of pyridine rings is 1. The van der Waals surface area contributed by atoms with Gasteiger partial charge in [-0.15, -0.1) is 0 Å². The van der Waals surface area contributed by atoms with E-state index >= 15 is 0 Å². The molecule has 1 aromatic heterocycles. The molecule has 0 saturated heterocycles. The van der Waals surface area contributed by atoms with Crippen molar-refractivity contribution in [3.8, 4) is 0 Å². The van der Waals surface area contributed by atoms with Gasteiger partial charge in [0.1, 0.15) is 0 Å². The van der Waals surface area contributed by atoms with Gasteiger partial charge in [0.2, 0.25) is 0 Å². The van der Waals surface area contributed by atoms with Crippen LogP contribution in [0.4, 0.5) is 5.69 Å². The van der Waals surface area contributed by atoms with Crippen LogP contribution in [0, 0.1) is 12.8 Å². The van der Waals surface area contributed by atoms with Crippen LogP contribution in [-0.4, -0.2) is 11.0 Å². The summed E-state index contributed by atoms with van der Waals surface area (Å²) in [6.45, 7) is 4.42. The summed E-state index contributed by atoms with van der Waals surface area (Å²) >= 11 is 0. The lowest BCUT2D eigenvalue weighted by Crippen LogP contribution is -2.26. The van der Waals surface area contributed by atoms with Crippen LogP contribution in [0.5, 0.6) is 0 Å². The van der Waals surface area contributed by atoms with E-state index in [1.807, 2.05) is 13.1 Å². The monoisotopic (exact) mass is 218 g/mol. The van der Waals surface area contributed by atoms with Gasteiger partial charge in [-0.05, 0) is 37.8 Å². The molecule has 2 nitrogen and oxygen atoms in total. The summed E-state index contributed by atoms with van der Waals surface area (Å²) in [6.07, 6.45) is 8.72. The molecule has 1 aliphatic rings. The molecular weight excluding hydrogens is 196 g/mol. The molecule has 0 aromatic carbocycles. The van der Waals surface area contributed by atoms with Crippen LogP contribution in [0.25, 0.3) is 0 Å². The van der Waals surface area contributed by atoms with E-state index in [1.54, 1.807) is 0 Å². The van der Waals surface area contributed by atoms with Gasteiger partial charge in [0.05, 0.1) is 0 Å². The second-order valence-electron chi connectivity index (χ2n) is 5.05. The Balaban J connectivity index is 2.02. The summed E-state index contributed by atoms with van der Waals surface area (Å²) in [5.74, 6) is 0.788. The van der Waals surface area contributed by atoms with Crippen LogP contribution in [0.1, 0.15) is 44.7 Å². The van der Waals surface area contributed by atoms with Gasteiger partial charge in [-0.1, -0.05) is 26.2 Å². The van der Waals surface area contributed by atoms with Crippen molar-refractivity contribution >= 4 is 5.69 Å². The number of aryl methyl sites for hydroxylation is 1. The van der Waals surface area contributed by atoms with Crippen molar-refractivity contribution in [2.45, 2.75) is 52.0 Å². The van der Waals surface area contributed by atoms with E-state index in [-0.39, 0.29) is 0 Å². The number of nitrogens with one attached hydrogen (secondary N) is 1. The summed E-state index contributed by atoms with van der Waals surface area (Å²) in [5.41, 5.74) is 2.32. The Bertz CT molecular complexity index is 335. The molecule has 1 aromatic rings. The van der Waals surface area contributed by atoms with Crippen molar-refractivity contribution in [3.05, 3.63) is 24.0 Å². The third-order valence-corrected chi connectivity index (χ3v) is 3.61. The first-order valence-corrected chi connectivity index (χ1v) is 6.45. The second-order valence-corrected chi connectivity index (χ2v) is 5.05. The van der Waals surface area contributed by atoms with Gasteiger partial charge in [0.25, 0.3) is 0 Å². The van der Waals surface area contributed by atoms with Crippen molar-refractivity contribution in [2.24, 2.45) is 5.92 Å².